The van der Waals surface area contributed by atoms with Gasteiger partial charge in [-0.15, -0.1) is 6.58 Å². The predicted octanol–water partition coefficient (Wildman–Crippen LogP) is 2.31. The van der Waals surface area contributed by atoms with Gasteiger partial charge in [0.1, 0.15) is 0 Å². The lowest BCUT2D eigenvalue weighted by atomic mass is 9.77. The van der Waals surface area contributed by atoms with Crippen LogP contribution in [0.5, 0.6) is 0 Å². The second-order valence-corrected chi connectivity index (χ2v) is 7.10. The van der Waals surface area contributed by atoms with Crippen molar-refractivity contribution >= 4 is 11.6 Å². The monoisotopic (exact) mass is 344 g/mol. The maximum Gasteiger partial charge on any atom is 0.255 e. The smallest absolute Gasteiger partial charge is 0.255 e. The number of amides is 1. The van der Waals surface area contributed by atoms with E-state index in [4.69, 9.17) is 4.74 Å². The first-order chi connectivity index (χ1) is 12.2. The van der Waals surface area contributed by atoms with E-state index in [1.807, 2.05) is 35.2 Å². The normalized spacial score (nSPS) is 24.2. The maximum atomic E-state index is 13.2. The molecule has 3 rings (SSSR count). The summed E-state index contributed by atoms with van der Waals surface area (Å²) in [5.74, 6) is 0.0590. The van der Waals surface area contributed by atoms with Gasteiger partial charge >= 0.3 is 0 Å². The molecule has 1 N–H and O–H groups in total. The van der Waals surface area contributed by atoms with E-state index in [-0.39, 0.29) is 17.9 Å². The van der Waals surface area contributed by atoms with Crippen LogP contribution in [-0.4, -0.2) is 61.9 Å². The number of aliphatic hydroxyl groups excluding tert-OH is 1. The van der Waals surface area contributed by atoms with E-state index in [9.17, 15) is 9.90 Å². The quantitative estimate of drug-likeness (QED) is 0.833. The zero-order chi connectivity index (χ0) is 17.7. The molecule has 0 spiro atoms. The Bertz CT molecular complexity index is 613. The molecule has 2 fully saturated rings. The highest BCUT2D eigenvalue weighted by molar-refractivity contribution is 6.00. The lowest BCUT2D eigenvalue weighted by Crippen LogP contribution is -2.48. The fraction of sp³-hybridized carbons (Fsp3) is 0.550. The number of morpholine rings is 1. The van der Waals surface area contributed by atoms with Crippen LogP contribution in [0.15, 0.2) is 36.9 Å². The second kappa shape index (κ2) is 8.02. The highest BCUT2D eigenvalue weighted by atomic mass is 16.5. The van der Waals surface area contributed by atoms with E-state index in [0.717, 1.165) is 50.1 Å². The third kappa shape index (κ3) is 3.88. The Balaban J connectivity index is 1.82. The highest BCUT2D eigenvalue weighted by Gasteiger charge is 2.36. The molecule has 136 valence electrons. The number of carbonyl (C=O) groups is 1. The number of carbonyl (C=O) groups excluding carboxylic acids is 1. The lowest BCUT2D eigenvalue weighted by Gasteiger charge is -2.42. The van der Waals surface area contributed by atoms with Crippen molar-refractivity contribution in [3.05, 3.63) is 42.5 Å². The zero-order valence-corrected chi connectivity index (χ0v) is 14.8. The summed E-state index contributed by atoms with van der Waals surface area (Å²) in [6.07, 6.45) is 4.44. The topological polar surface area (TPSA) is 53.0 Å². The number of hydrogen-bond donors (Lipinski definition) is 1. The van der Waals surface area contributed by atoms with Gasteiger partial charge in [0.2, 0.25) is 0 Å². The molecule has 0 radical (unpaired) electrons. The molecule has 1 aromatic carbocycles. The van der Waals surface area contributed by atoms with Gasteiger partial charge in [0, 0.05) is 37.3 Å². The zero-order valence-electron chi connectivity index (χ0n) is 14.8. The molecule has 2 aliphatic rings. The van der Waals surface area contributed by atoms with Crippen LogP contribution < -0.4 is 4.90 Å². The Hall–Kier alpha value is -1.85. The number of rotatable bonds is 5. The third-order valence-electron chi connectivity index (χ3n) is 5.35. The van der Waals surface area contributed by atoms with Crippen LogP contribution >= 0.6 is 0 Å². The van der Waals surface area contributed by atoms with Crippen molar-refractivity contribution in [1.29, 1.82) is 0 Å². The SMILES string of the molecule is C=CC[C@@]1(CO)CCCN(C(=O)c2ccccc2N2CCOCC2)C1. The fourth-order valence-electron chi connectivity index (χ4n) is 3.95. The minimum absolute atomic E-state index is 0.0590. The number of nitrogens with zero attached hydrogens (tertiary/aromatic N) is 2. The van der Waals surface area contributed by atoms with E-state index in [1.54, 1.807) is 0 Å². The largest absolute Gasteiger partial charge is 0.396 e. The van der Waals surface area contributed by atoms with Crippen molar-refractivity contribution in [2.24, 2.45) is 5.41 Å². The third-order valence-corrected chi connectivity index (χ3v) is 5.35. The first-order valence-electron chi connectivity index (χ1n) is 9.12. The van der Waals surface area contributed by atoms with E-state index < -0.39 is 0 Å². The number of anilines is 1. The average molecular weight is 344 g/mol. The molecular weight excluding hydrogens is 316 g/mol. The van der Waals surface area contributed by atoms with E-state index >= 15 is 0 Å². The summed E-state index contributed by atoms with van der Waals surface area (Å²) in [4.78, 5) is 17.4. The van der Waals surface area contributed by atoms with E-state index in [0.29, 0.717) is 19.8 Å². The number of benzene rings is 1. The Morgan fingerprint density at radius 3 is 2.76 bits per heavy atom. The molecule has 0 aromatic heterocycles. The van der Waals surface area contributed by atoms with E-state index in [1.165, 1.54) is 0 Å². The van der Waals surface area contributed by atoms with Crippen molar-refractivity contribution < 1.29 is 14.6 Å². The van der Waals surface area contributed by atoms with Gasteiger partial charge in [0.15, 0.2) is 0 Å². The van der Waals surface area contributed by atoms with Crippen LogP contribution in [0.25, 0.3) is 0 Å². The second-order valence-electron chi connectivity index (χ2n) is 7.10. The van der Waals surface area contributed by atoms with Crippen LogP contribution in [0.1, 0.15) is 29.6 Å². The van der Waals surface area contributed by atoms with Crippen molar-refractivity contribution in [3.63, 3.8) is 0 Å². The van der Waals surface area contributed by atoms with Crippen LogP contribution in [0.3, 0.4) is 0 Å². The molecule has 1 atom stereocenters. The summed E-state index contributed by atoms with van der Waals surface area (Å²) >= 11 is 0. The Morgan fingerprint density at radius 1 is 1.28 bits per heavy atom. The summed E-state index contributed by atoms with van der Waals surface area (Å²) in [5.41, 5.74) is 1.49. The Kier molecular flexibility index (Phi) is 5.76. The minimum atomic E-state index is -0.246. The molecule has 2 saturated heterocycles. The van der Waals surface area contributed by atoms with Gasteiger partial charge in [-0.1, -0.05) is 18.2 Å². The van der Waals surface area contributed by atoms with Gasteiger partial charge in [-0.2, -0.15) is 0 Å². The van der Waals surface area contributed by atoms with Gasteiger partial charge in [-0.25, -0.2) is 0 Å². The summed E-state index contributed by atoms with van der Waals surface area (Å²) < 4.78 is 5.43. The number of allylic oxidation sites excluding steroid dienone is 1. The molecule has 25 heavy (non-hydrogen) atoms. The molecule has 1 amide bonds. The number of ether oxygens (including phenoxy) is 1. The molecule has 0 aliphatic carbocycles. The van der Waals surface area contributed by atoms with Gasteiger partial charge in [-0.3, -0.25) is 4.79 Å². The molecule has 0 unspecified atom stereocenters. The summed E-state index contributed by atoms with van der Waals surface area (Å²) in [6.45, 7) is 8.24. The standard InChI is InChI=1S/C20H28N2O3/c1-2-8-20(16-23)9-5-10-22(15-20)19(24)17-6-3-4-7-18(17)21-11-13-25-14-12-21/h2-4,6-7,23H,1,5,8-16H2/t20-/m1/s1. The van der Waals surface area contributed by atoms with Gasteiger partial charge in [0.05, 0.1) is 25.4 Å². The Morgan fingerprint density at radius 2 is 2.04 bits per heavy atom. The average Bonchev–Trinajstić information content (AvgIpc) is 2.68. The minimum Gasteiger partial charge on any atom is -0.396 e. The highest BCUT2D eigenvalue weighted by Crippen LogP contribution is 2.35. The van der Waals surface area contributed by atoms with E-state index in [2.05, 4.69) is 11.5 Å². The van der Waals surface area contributed by atoms with Gasteiger partial charge < -0.3 is 19.6 Å². The lowest BCUT2D eigenvalue weighted by molar-refractivity contribution is 0.0285. The van der Waals surface area contributed by atoms with Crippen molar-refractivity contribution in [1.82, 2.24) is 4.90 Å². The Labute approximate surface area is 149 Å². The summed E-state index contributed by atoms with van der Waals surface area (Å²) in [7, 11) is 0. The summed E-state index contributed by atoms with van der Waals surface area (Å²) in [6, 6.07) is 7.83. The van der Waals surface area contributed by atoms with Crippen LogP contribution in [0, 0.1) is 5.41 Å². The number of likely N-dealkylation sites (tertiary alicyclic amines) is 1. The van der Waals surface area contributed by atoms with Crippen molar-refractivity contribution in [3.8, 4) is 0 Å². The molecule has 5 heteroatoms. The number of piperidine rings is 1. The molecule has 0 saturated carbocycles. The van der Waals surface area contributed by atoms with Crippen molar-refractivity contribution in [2.75, 3.05) is 50.9 Å². The first kappa shape index (κ1) is 18.0. The molecule has 5 nitrogen and oxygen atoms in total. The molecule has 0 bridgehead atoms. The molecule has 2 heterocycles. The van der Waals surface area contributed by atoms with Crippen molar-refractivity contribution in [2.45, 2.75) is 19.3 Å². The number of aliphatic hydroxyl groups is 1. The fourth-order valence-corrected chi connectivity index (χ4v) is 3.95. The maximum absolute atomic E-state index is 13.2. The number of hydrogen-bond acceptors (Lipinski definition) is 4. The predicted molar refractivity (Wildman–Crippen MR) is 98.9 cm³/mol. The number of para-hydroxylation sites is 1. The first-order valence-corrected chi connectivity index (χ1v) is 9.12. The van der Waals surface area contributed by atoms with Gasteiger partial charge in [-0.05, 0) is 31.4 Å². The molecule has 2 aliphatic heterocycles. The van der Waals surface area contributed by atoms with Crippen LogP contribution in [0.2, 0.25) is 0 Å². The summed E-state index contributed by atoms with van der Waals surface area (Å²) in [5, 5.41) is 9.89. The van der Waals surface area contributed by atoms with Gasteiger partial charge in [0.25, 0.3) is 5.91 Å². The molecule has 1 aromatic rings. The van der Waals surface area contributed by atoms with Crippen LogP contribution in [-0.2, 0) is 4.74 Å². The molecular formula is C20H28N2O3. The van der Waals surface area contributed by atoms with Crippen LogP contribution in [0.4, 0.5) is 5.69 Å².